The molecular formula is C26H35F4N7O3S. The number of hydrogen-bond acceptors (Lipinski definition) is 8. The second-order valence-corrected chi connectivity index (χ2v) is 13.6. The average Bonchev–Trinajstić information content (AvgIpc) is 3.24. The molecule has 0 saturated heterocycles. The molecule has 0 aliphatic rings. The van der Waals surface area contributed by atoms with Crippen LogP contribution in [0.1, 0.15) is 59.9 Å². The molecule has 0 aliphatic carbocycles. The van der Waals surface area contributed by atoms with E-state index in [4.69, 9.17) is 5.73 Å². The summed E-state index contributed by atoms with van der Waals surface area (Å²) in [7, 11) is -4.12. The Balaban J connectivity index is 1.88. The number of anilines is 2. The smallest absolute Gasteiger partial charge is 0.389 e. The molecule has 2 heterocycles. The number of rotatable bonds is 11. The minimum atomic E-state index is -4.80. The number of nitrogens with two attached hydrogens (primary N) is 1. The summed E-state index contributed by atoms with van der Waals surface area (Å²) in [6, 6.07) is 3.07. The molecule has 0 unspecified atom stereocenters. The predicted molar refractivity (Wildman–Crippen MR) is 146 cm³/mol. The van der Waals surface area contributed by atoms with Crippen LogP contribution in [0.2, 0.25) is 0 Å². The first-order chi connectivity index (χ1) is 18.5. The molecule has 15 heteroatoms. The highest BCUT2D eigenvalue weighted by atomic mass is 32.2. The largest absolute Gasteiger partial charge is 0.419 e. The van der Waals surface area contributed by atoms with Gasteiger partial charge in [0.1, 0.15) is 11.4 Å². The Morgan fingerprint density at radius 3 is 2.27 bits per heavy atom. The van der Waals surface area contributed by atoms with Gasteiger partial charge in [0.05, 0.1) is 34.6 Å². The van der Waals surface area contributed by atoms with Crippen molar-refractivity contribution in [2.45, 2.75) is 88.7 Å². The van der Waals surface area contributed by atoms with Gasteiger partial charge in [-0.15, -0.1) is 0 Å². The minimum absolute atomic E-state index is 0.000602. The molecule has 0 bridgehead atoms. The third-order valence-corrected chi connectivity index (χ3v) is 7.55. The summed E-state index contributed by atoms with van der Waals surface area (Å²) in [5, 5.41) is 16.5. The summed E-state index contributed by atoms with van der Waals surface area (Å²) in [4.78, 5) is 7.29. The van der Waals surface area contributed by atoms with Crippen LogP contribution in [-0.2, 0) is 22.7 Å². The second-order valence-electron chi connectivity index (χ2n) is 11.9. The van der Waals surface area contributed by atoms with Gasteiger partial charge in [0, 0.05) is 29.0 Å². The van der Waals surface area contributed by atoms with Gasteiger partial charge in [0.25, 0.3) is 0 Å². The van der Waals surface area contributed by atoms with Gasteiger partial charge in [0.2, 0.25) is 16.0 Å². The molecule has 2 aromatic heterocycles. The Morgan fingerprint density at radius 2 is 1.71 bits per heavy atom. The second kappa shape index (κ2) is 11.3. The lowest BCUT2D eigenvalue weighted by Crippen LogP contribution is -2.45. The maximum atomic E-state index is 15.0. The van der Waals surface area contributed by atoms with Crippen molar-refractivity contribution in [3.8, 4) is 11.3 Å². The minimum Gasteiger partial charge on any atom is -0.389 e. The first kappa shape index (κ1) is 32.4. The lowest BCUT2D eigenvalue weighted by Gasteiger charge is -2.29. The summed E-state index contributed by atoms with van der Waals surface area (Å²) in [6.45, 7) is 10.1. The molecule has 10 nitrogen and oxygen atoms in total. The number of alkyl halides is 3. The molecule has 0 aliphatic heterocycles. The number of aromatic nitrogens is 4. The Labute approximate surface area is 236 Å². The Bertz CT molecular complexity index is 1490. The fourth-order valence-corrected chi connectivity index (χ4v) is 5.28. The average molecular weight is 602 g/mol. The Hall–Kier alpha value is -3.14. The number of sulfonamides is 1. The number of halogens is 4. The van der Waals surface area contributed by atoms with E-state index in [1.165, 1.54) is 24.7 Å². The van der Waals surface area contributed by atoms with Crippen LogP contribution >= 0.6 is 0 Å². The third-order valence-electron chi connectivity index (χ3n) is 5.85. The molecule has 0 saturated carbocycles. The maximum absolute atomic E-state index is 15.0. The van der Waals surface area contributed by atoms with Crippen LogP contribution < -0.4 is 15.8 Å². The Morgan fingerprint density at radius 1 is 1.05 bits per heavy atom. The number of aliphatic hydroxyl groups is 1. The van der Waals surface area contributed by atoms with Crippen LogP contribution in [0.3, 0.4) is 0 Å². The lowest BCUT2D eigenvalue weighted by atomic mass is 9.91. The Kier molecular flexibility index (Phi) is 8.90. The molecule has 226 valence electrons. The van der Waals surface area contributed by atoms with Crippen LogP contribution in [0.25, 0.3) is 11.3 Å². The standard InChI is InChI=1S/C26H35F4N7O3S/c1-23(2,31)9-10-24(3,4)36-41(39,40)17-7-8-20(19(27)11-17)34-22-32-13-18(26(28,29)30)21(35-22)16-12-33-37(14-16)15-25(5,6)38/h7-8,11-14,36,38H,9-10,15,31H2,1-6H3,(H,32,34,35). The van der Waals surface area contributed by atoms with E-state index < -0.39 is 50.0 Å². The molecule has 3 aromatic rings. The third kappa shape index (κ3) is 9.18. The predicted octanol–water partition coefficient (Wildman–Crippen LogP) is 4.59. The molecule has 0 radical (unpaired) electrons. The van der Waals surface area contributed by atoms with Crippen molar-refractivity contribution in [3.05, 3.63) is 48.2 Å². The van der Waals surface area contributed by atoms with Gasteiger partial charge in [-0.2, -0.15) is 18.3 Å². The van der Waals surface area contributed by atoms with Crippen LogP contribution in [0.15, 0.2) is 41.7 Å². The zero-order chi connectivity index (χ0) is 31.0. The van der Waals surface area contributed by atoms with E-state index in [-0.39, 0.29) is 28.6 Å². The van der Waals surface area contributed by atoms with Crippen molar-refractivity contribution in [2.75, 3.05) is 5.32 Å². The fraction of sp³-hybridized carbons (Fsp3) is 0.500. The van der Waals surface area contributed by atoms with E-state index in [1.807, 2.05) is 13.8 Å². The lowest BCUT2D eigenvalue weighted by molar-refractivity contribution is -0.137. The van der Waals surface area contributed by atoms with E-state index in [0.29, 0.717) is 19.0 Å². The van der Waals surface area contributed by atoms with Crippen LogP contribution in [0, 0.1) is 5.82 Å². The zero-order valence-corrected chi connectivity index (χ0v) is 24.5. The first-order valence-corrected chi connectivity index (χ1v) is 14.1. The van der Waals surface area contributed by atoms with Crippen molar-refractivity contribution < 1.29 is 31.1 Å². The number of nitrogens with zero attached hydrogens (tertiary/aromatic N) is 4. The highest BCUT2D eigenvalue weighted by Gasteiger charge is 2.36. The molecule has 0 amide bonds. The van der Waals surface area contributed by atoms with E-state index in [1.54, 1.807) is 13.8 Å². The van der Waals surface area contributed by atoms with E-state index in [0.717, 1.165) is 24.4 Å². The van der Waals surface area contributed by atoms with Crippen molar-refractivity contribution >= 4 is 21.7 Å². The van der Waals surface area contributed by atoms with Gasteiger partial charge in [-0.05, 0) is 72.6 Å². The summed E-state index contributed by atoms with van der Waals surface area (Å²) < 4.78 is 85.9. The van der Waals surface area contributed by atoms with Gasteiger partial charge in [-0.25, -0.2) is 27.5 Å². The highest BCUT2D eigenvalue weighted by molar-refractivity contribution is 7.89. The fourth-order valence-electron chi connectivity index (χ4n) is 3.83. The topological polar surface area (TPSA) is 148 Å². The van der Waals surface area contributed by atoms with Crippen molar-refractivity contribution in [2.24, 2.45) is 5.73 Å². The summed E-state index contributed by atoms with van der Waals surface area (Å²) in [5.74, 6) is -1.35. The van der Waals surface area contributed by atoms with Crippen molar-refractivity contribution in [1.29, 1.82) is 0 Å². The van der Waals surface area contributed by atoms with E-state index >= 15 is 4.39 Å². The van der Waals surface area contributed by atoms with Gasteiger partial charge >= 0.3 is 6.18 Å². The SMILES string of the molecule is CC(C)(N)CCC(C)(C)NS(=O)(=O)c1ccc(Nc2ncc(C(F)(F)F)c(-c3cnn(CC(C)(C)O)c3)n2)c(F)c1. The highest BCUT2D eigenvalue weighted by Crippen LogP contribution is 2.36. The molecule has 0 spiro atoms. The summed E-state index contributed by atoms with van der Waals surface area (Å²) in [5.41, 5.74) is 1.56. The van der Waals surface area contributed by atoms with Gasteiger partial charge in [-0.1, -0.05) is 0 Å². The molecule has 1 aromatic carbocycles. The van der Waals surface area contributed by atoms with E-state index in [2.05, 4.69) is 25.1 Å². The van der Waals surface area contributed by atoms with Crippen molar-refractivity contribution in [1.82, 2.24) is 24.5 Å². The van der Waals surface area contributed by atoms with Crippen LogP contribution in [-0.4, -0.2) is 50.0 Å². The van der Waals surface area contributed by atoms with Gasteiger partial charge < -0.3 is 16.2 Å². The van der Waals surface area contributed by atoms with E-state index in [9.17, 15) is 26.7 Å². The first-order valence-electron chi connectivity index (χ1n) is 12.6. The zero-order valence-electron chi connectivity index (χ0n) is 23.6. The monoisotopic (exact) mass is 601 g/mol. The maximum Gasteiger partial charge on any atom is 0.419 e. The van der Waals surface area contributed by atoms with Crippen molar-refractivity contribution in [3.63, 3.8) is 0 Å². The molecule has 0 atom stereocenters. The molecule has 41 heavy (non-hydrogen) atoms. The normalized spacial score (nSPS) is 13.5. The molecular weight excluding hydrogens is 566 g/mol. The number of nitrogens with one attached hydrogen (secondary N) is 2. The summed E-state index contributed by atoms with van der Waals surface area (Å²) >= 11 is 0. The molecule has 5 N–H and O–H groups in total. The van der Waals surface area contributed by atoms with Gasteiger partial charge in [-0.3, -0.25) is 4.68 Å². The quantitative estimate of drug-likeness (QED) is 0.233. The molecule has 3 rings (SSSR count). The van der Waals surface area contributed by atoms with Crippen LogP contribution in [0.4, 0.5) is 29.2 Å². The molecule has 0 fully saturated rings. The van der Waals surface area contributed by atoms with Crippen LogP contribution in [0.5, 0.6) is 0 Å². The van der Waals surface area contributed by atoms with Gasteiger partial charge in [0.15, 0.2) is 0 Å². The number of hydrogen-bond donors (Lipinski definition) is 4. The number of benzene rings is 1. The summed E-state index contributed by atoms with van der Waals surface area (Å²) in [6.07, 6.45) is -0.812.